The van der Waals surface area contributed by atoms with Gasteiger partial charge in [0.2, 0.25) is 5.91 Å². The highest BCUT2D eigenvalue weighted by Crippen LogP contribution is 2.20. The number of carbonyl (C=O) groups excluding carboxylic acids is 1. The van der Waals surface area contributed by atoms with Gasteiger partial charge in [0.15, 0.2) is 0 Å². The predicted molar refractivity (Wildman–Crippen MR) is 67.6 cm³/mol. The molecular weight excluding hydrogens is 246 g/mol. The molecule has 1 heterocycles. The van der Waals surface area contributed by atoms with Crippen LogP contribution in [-0.2, 0) is 9.59 Å². The second kappa shape index (κ2) is 5.08. The van der Waals surface area contributed by atoms with Crippen LogP contribution < -0.4 is 4.90 Å². The molecular formula is C13H13N3O3. The number of carboxylic acids is 1. The number of amides is 1. The Morgan fingerprint density at radius 3 is 2.58 bits per heavy atom. The molecule has 1 N–H and O–H groups in total. The SMILES string of the molecule is CN1CC(=O)N(c2ccc(C#N)cc2)CC1C(=O)O. The van der Waals surface area contributed by atoms with E-state index in [0.717, 1.165) is 0 Å². The van der Waals surface area contributed by atoms with E-state index >= 15 is 0 Å². The van der Waals surface area contributed by atoms with Crippen molar-refractivity contribution in [3.05, 3.63) is 29.8 Å². The third-order valence-electron chi connectivity index (χ3n) is 3.17. The molecule has 0 bridgehead atoms. The Kier molecular flexibility index (Phi) is 3.49. The maximum absolute atomic E-state index is 12.0. The Labute approximate surface area is 110 Å². The van der Waals surface area contributed by atoms with Crippen LogP contribution in [0.15, 0.2) is 24.3 Å². The van der Waals surface area contributed by atoms with E-state index in [0.29, 0.717) is 11.3 Å². The molecule has 1 unspecified atom stereocenters. The zero-order valence-corrected chi connectivity index (χ0v) is 10.4. The van der Waals surface area contributed by atoms with Gasteiger partial charge in [-0.15, -0.1) is 0 Å². The highest BCUT2D eigenvalue weighted by Gasteiger charge is 2.34. The normalized spacial score (nSPS) is 20.1. The van der Waals surface area contributed by atoms with Gasteiger partial charge in [0.1, 0.15) is 6.04 Å². The van der Waals surface area contributed by atoms with Crippen molar-refractivity contribution in [3.63, 3.8) is 0 Å². The van der Waals surface area contributed by atoms with E-state index in [9.17, 15) is 9.59 Å². The zero-order chi connectivity index (χ0) is 14.0. The molecule has 0 radical (unpaired) electrons. The van der Waals surface area contributed by atoms with Crippen molar-refractivity contribution < 1.29 is 14.7 Å². The fourth-order valence-electron chi connectivity index (χ4n) is 2.05. The minimum Gasteiger partial charge on any atom is -0.480 e. The maximum atomic E-state index is 12.0. The summed E-state index contributed by atoms with van der Waals surface area (Å²) >= 11 is 0. The Morgan fingerprint density at radius 1 is 1.42 bits per heavy atom. The van der Waals surface area contributed by atoms with Crippen LogP contribution in [0.1, 0.15) is 5.56 Å². The third kappa shape index (κ3) is 2.56. The number of piperazine rings is 1. The molecule has 2 rings (SSSR count). The minimum absolute atomic E-state index is 0.0664. The standard InChI is InChI=1S/C13H13N3O3/c1-15-8-12(17)16(7-11(15)13(18)19)10-4-2-9(6-14)3-5-10/h2-5,11H,7-8H2,1H3,(H,18,19). The topological polar surface area (TPSA) is 84.6 Å². The van der Waals surface area contributed by atoms with Gasteiger partial charge in [-0.2, -0.15) is 5.26 Å². The molecule has 1 aromatic rings. The highest BCUT2D eigenvalue weighted by molar-refractivity contribution is 5.97. The minimum atomic E-state index is -0.950. The summed E-state index contributed by atoms with van der Waals surface area (Å²) in [6.07, 6.45) is 0. The van der Waals surface area contributed by atoms with Gasteiger partial charge in [-0.1, -0.05) is 0 Å². The quantitative estimate of drug-likeness (QED) is 0.825. The molecule has 1 aliphatic rings. The van der Waals surface area contributed by atoms with E-state index in [1.807, 2.05) is 6.07 Å². The third-order valence-corrected chi connectivity index (χ3v) is 3.17. The van der Waals surface area contributed by atoms with Crippen molar-refractivity contribution in [1.29, 1.82) is 5.26 Å². The molecule has 0 spiro atoms. The number of aliphatic carboxylic acids is 1. The molecule has 1 atom stereocenters. The number of hydrogen-bond donors (Lipinski definition) is 1. The number of carbonyl (C=O) groups is 2. The summed E-state index contributed by atoms with van der Waals surface area (Å²) in [5.41, 5.74) is 1.11. The van der Waals surface area contributed by atoms with Gasteiger partial charge < -0.3 is 10.0 Å². The molecule has 1 aliphatic heterocycles. The van der Waals surface area contributed by atoms with Gasteiger partial charge in [-0.25, -0.2) is 0 Å². The van der Waals surface area contributed by atoms with E-state index in [1.54, 1.807) is 31.3 Å². The number of hydrogen-bond acceptors (Lipinski definition) is 4. The van der Waals surface area contributed by atoms with Crippen LogP contribution in [-0.4, -0.2) is 48.1 Å². The maximum Gasteiger partial charge on any atom is 0.322 e. The monoisotopic (exact) mass is 259 g/mol. The number of rotatable bonds is 2. The smallest absolute Gasteiger partial charge is 0.322 e. The Hall–Kier alpha value is -2.39. The lowest BCUT2D eigenvalue weighted by Gasteiger charge is -2.36. The lowest BCUT2D eigenvalue weighted by Crippen LogP contribution is -2.57. The van der Waals surface area contributed by atoms with E-state index in [4.69, 9.17) is 10.4 Å². The molecule has 0 aliphatic carbocycles. The number of carboxylic acid groups (broad SMARTS) is 1. The summed E-state index contributed by atoms with van der Waals surface area (Å²) in [5.74, 6) is -1.10. The van der Waals surface area contributed by atoms with Crippen molar-refractivity contribution in [2.24, 2.45) is 0 Å². The zero-order valence-electron chi connectivity index (χ0n) is 10.4. The van der Waals surface area contributed by atoms with Crippen molar-refractivity contribution >= 4 is 17.6 Å². The van der Waals surface area contributed by atoms with Crippen LogP contribution >= 0.6 is 0 Å². The lowest BCUT2D eigenvalue weighted by molar-refractivity contribution is -0.144. The average molecular weight is 259 g/mol. The average Bonchev–Trinajstić information content (AvgIpc) is 2.38. The number of nitrogens with zero attached hydrogens (tertiary/aromatic N) is 3. The Bertz CT molecular complexity index is 547. The van der Waals surface area contributed by atoms with Crippen LogP contribution in [0.4, 0.5) is 5.69 Å². The van der Waals surface area contributed by atoms with Crippen molar-refractivity contribution in [3.8, 4) is 6.07 Å². The number of benzene rings is 1. The number of anilines is 1. The summed E-state index contributed by atoms with van der Waals surface area (Å²) in [6.45, 7) is 0.174. The summed E-state index contributed by atoms with van der Waals surface area (Å²) in [5, 5.41) is 17.8. The molecule has 19 heavy (non-hydrogen) atoms. The van der Waals surface area contributed by atoms with Crippen LogP contribution in [0.2, 0.25) is 0 Å². The molecule has 6 heteroatoms. The Morgan fingerprint density at radius 2 is 2.05 bits per heavy atom. The number of nitriles is 1. The van der Waals surface area contributed by atoms with Crippen LogP contribution in [0, 0.1) is 11.3 Å². The first-order valence-corrected chi connectivity index (χ1v) is 5.76. The van der Waals surface area contributed by atoms with Gasteiger partial charge >= 0.3 is 5.97 Å². The first kappa shape index (κ1) is 13.1. The summed E-state index contributed by atoms with van der Waals surface area (Å²) in [7, 11) is 1.62. The first-order chi connectivity index (χ1) is 9.02. The van der Waals surface area contributed by atoms with E-state index in [-0.39, 0.29) is 19.0 Å². The molecule has 0 saturated carbocycles. The molecule has 98 valence electrons. The van der Waals surface area contributed by atoms with Crippen LogP contribution in [0.3, 0.4) is 0 Å². The van der Waals surface area contributed by atoms with Crippen LogP contribution in [0.5, 0.6) is 0 Å². The molecule has 0 aromatic heterocycles. The van der Waals surface area contributed by atoms with Crippen molar-refractivity contribution in [2.75, 3.05) is 25.0 Å². The summed E-state index contributed by atoms with van der Waals surface area (Å²) in [6, 6.07) is 7.80. The van der Waals surface area contributed by atoms with E-state index in [1.165, 1.54) is 9.80 Å². The fraction of sp³-hybridized carbons (Fsp3) is 0.308. The summed E-state index contributed by atoms with van der Waals surface area (Å²) in [4.78, 5) is 26.0. The second-order valence-electron chi connectivity index (χ2n) is 4.43. The highest BCUT2D eigenvalue weighted by atomic mass is 16.4. The first-order valence-electron chi connectivity index (χ1n) is 5.76. The second-order valence-corrected chi connectivity index (χ2v) is 4.43. The molecule has 1 aromatic carbocycles. The van der Waals surface area contributed by atoms with E-state index < -0.39 is 12.0 Å². The molecule has 1 saturated heterocycles. The molecule has 6 nitrogen and oxygen atoms in total. The van der Waals surface area contributed by atoms with E-state index in [2.05, 4.69) is 0 Å². The summed E-state index contributed by atoms with van der Waals surface area (Å²) < 4.78 is 0. The molecule has 1 fully saturated rings. The molecule has 1 amide bonds. The lowest BCUT2D eigenvalue weighted by atomic mass is 10.1. The van der Waals surface area contributed by atoms with Gasteiger partial charge in [-0.05, 0) is 31.3 Å². The Balaban J connectivity index is 2.25. The van der Waals surface area contributed by atoms with Crippen LogP contribution in [0.25, 0.3) is 0 Å². The van der Waals surface area contributed by atoms with Crippen molar-refractivity contribution in [1.82, 2.24) is 4.90 Å². The van der Waals surface area contributed by atoms with Gasteiger partial charge in [-0.3, -0.25) is 14.5 Å². The van der Waals surface area contributed by atoms with Gasteiger partial charge in [0.25, 0.3) is 0 Å². The predicted octanol–water partition coefficient (Wildman–Crippen LogP) is 0.290. The van der Waals surface area contributed by atoms with Gasteiger partial charge in [0, 0.05) is 5.69 Å². The van der Waals surface area contributed by atoms with Crippen molar-refractivity contribution in [2.45, 2.75) is 6.04 Å². The largest absolute Gasteiger partial charge is 0.480 e. The van der Waals surface area contributed by atoms with Gasteiger partial charge in [0.05, 0.1) is 24.7 Å². The fourth-order valence-corrected chi connectivity index (χ4v) is 2.05. The number of likely N-dealkylation sites (N-methyl/N-ethyl adjacent to an activating group) is 1.